The summed E-state index contributed by atoms with van der Waals surface area (Å²) >= 11 is 1.68. The van der Waals surface area contributed by atoms with Gasteiger partial charge in [-0.2, -0.15) is 0 Å². The lowest BCUT2D eigenvalue weighted by molar-refractivity contribution is 0.265. The number of hydrogen-bond donors (Lipinski definition) is 1. The number of hydrogen-bond acceptors (Lipinski definition) is 2. The van der Waals surface area contributed by atoms with Gasteiger partial charge in [-0.15, -0.1) is 11.3 Å². The molecule has 16 heavy (non-hydrogen) atoms. The van der Waals surface area contributed by atoms with Crippen LogP contribution in [0.1, 0.15) is 16.4 Å². The Morgan fingerprint density at radius 2 is 1.94 bits per heavy atom. The van der Waals surface area contributed by atoms with Crippen LogP contribution in [0, 0.1) is 5.82 Å². The van der Waals surface area contributed by atoms with Crippen LogP contribution < -0.4 is 0 Å². The quantitative estimate of drug-likeness (QED) is 0.864. The summed E-state index contributed by atoms with van der Waals surface area (Å²) in [5, 5.41) is 11.4. The van der Waals surface area contributed by atoms with Crippen molar-refractivity contribution in [2.24, 2.45) is 0 Å². The summed E-state index contributed by atoms with van der Waals surface area (Å²) in [5.74, 6) is -0.184. The first-order chi connectivity index (χ1) is 7.79. The summed E-state index contributed by atoms with van der Waals surface area (Å²) in [4.78, 5) is 1.24. The first-order valence-corrected chi connectivity index (χ1v) is 6.06. The molecule has 0 aliphatic rings. The van der Waals surface area contributed by atoms with Crippen molar-refractivity contribution in [2.45, 2.75) is 12.3 Å². The minimum atomic E-state index is -0.239. The van der Waals surface area contributed by atoms with Crippen LogP contribution in [0.5, 0.6) is 0 Å². The number of thiophene rings is 1. The van der Waals surface area contributed by atoms with E-state index in [1.165, 1.54) is 17.0 Å². The third-order valence-corrected chi connectivity index (χ3v) is 3.49. The fourth-order valence-electron chi connectivity index (χ4n) is 1.69. The molecule has 0 radical (unpaired) electrons. The van der Waals surface area contributed by atoms with Crippen LogP contribution in [0.15, 0.2) is 41.8 Å². The maximum atomic E-state index is 12.8. The maximum Gasteiger partial charge on any atom is 0.123 e. The van der Waals surface area contributed by atoms with Crippen LogP contribution in [0.2, 0.25) is 0 Å². The normalized spacial score (nSPS) is 12.6. The lowest BCUT2D eigenvalue weighted by atomic mass is 9.96. The van der Waals surface area contributed by atoms with Crippen LogP contribution in [0.3, 0.4) is 0 Å². The van der Waals surface area contributed by atoms with E-state index in [0.29, 0.717) is 0 Å². The molecule has 0 amide bonds. The molecule has 1 unspecified atom stereocenters. The SMILES string of the molecule is OCC(Cc1cccs1)c1ccc(F)cc1. The summed E-state index contributed by atoms with van der Waals surface area (Å²) in [6, 6.07) is 10.4. The van der Waals surface area contributed by atoms with E-state index in [4.69, 9.17) is 0 Å². The molecule has 0 aliphatic carbocycles. The average Bonchev–Trinajstić information content (AvgIpc) is 2.80. The Bertz CT molecular complexity index is 422. The number of benzene rings is 1. The van der Waals surface area contributed by atoms with E-state index >= 15 is 0 Å². The molecule has 0 saturated carbocycles. The molecule has 0 bridgehead atoms. The molecule has 1 aromatic heterocycles. The molecule has 2 rings (SSSR count). The first-order valence-electron chi connectivity index (χ1n) is 5.18. The third-order valence-electron chi connectivity index (χ3n) is 2.59. The summed E-state index contributed by atoms with van der Waals surface area (Å²) in [5.41, 5.74) is 0.984. The minimum Gasteiger partial charge on any atom is -0.396 e. The molecule has 1 atom stereocenters. The van der Waals surface area contributed by atoms with Crippen molar-refractivity contribution in [1.29, 1.82) is 0 Å². The van der Waals surface area contributed by atoms with E-state index in [0.717, 1.165) is 12.0 Å². The van der Waals surface area contributed by atoms with E-state index in [1.807, 2.05) is 11.4 Å². The second-order valence-electron chi connectivity index (χ2n) is 3.71. The average molecular weight is 236 g/mol. The fraction of sp³-hybridized carbons (Fsp3) is 0.231. The molecule has 0 aliphatic heterocycles. The van der Waals surface area contributed by atoms with Gasteiger partial charge in [0.25, 0.3) is 0 Å². The predicted molar refractivity (Wildman–Crippen MR) is 64.2 cm³/mol. The highest BCUT2D eigenvalue weighted by atomic mass is 32.1. The van der Waals surface area contributed by atoms with E-state index in [2.05, 4.69) is 6.07 Å². The first kappa shape index (κ1) is 11.3. The van der Waals surface area contributed by atoms with E-state index in [-0.39, 0.29) is 18.3 Å². The van der Waals surface area contributed by atoms with Crippen LogP contribution in [-0.2, 0) is 6.42 Å². The Labute approximate surface area is 98.2 Å². The van der Waals surface area contributed by atoms with Gasteiger partial charge >= 0.3 is 0 Å². The molecule has 0 saturated heterocycles. The molecule has 84 valence electrons. The molecule has 1 aromatic carbocycles. The highest BCUT2D eigenvalue weighted by Crippen LogP contribution is 2.23. The molecule has 0 spiro atoms. The lowest BCUT2D eigenvalue weighted by Crippen LogP contribution is -2.06. The molecule has 1 N–H and O–H groups in total. The van der Waals surface area contributed by atoms with Gasteiger partial charge in [0, 0.05) is 10.8 Å². The van der Waals surface area contributed by atoms with Gasteiger partial charge in [0.15, 0.2) is 0 Å². The van der Waals surface area contributed by atoms with Crippen molar-refractivity contribution in [2.75, 3.05) is 6.61 Å². The largest absolute Gasteiger partial charge is 0.396 e. The molecule has 0 fully saturated rings. The van der Waals surface area contributed by atoms with Gasteiger partial charge in [0.1, 0.15) is 5.82 Å². The summed E-state index contributed by atoms with van der Waals surface area (Å²) in [6.07, 6.45) is 0.805. The van der Waals surface area contributed by atoms with Crippen molar-refractivity contribution < 1.29 is 9.50 Å². The van der Waals surface area contributed by atoms with Crippen molar-refractivity contribution in [3.8, 4) is 0 Å². The smallest absolute Gasteiger partial charge is 0.123 e. The van der Waals surface area contributed by atoms with Gasteiger partial charge < -0.3 is 5.11 Å². The second-order valence-corrected chi connectivity index (χ2v) is 4.75. The number of halogens is 1. The van der Waals surface area contributed by atoms with Crippen LogP contribution in [0.4, 0.5) is 4.39 Å². The molecule has 1 heterocycles. The van der Waals surface area contributed by atoms with Crippen molar-refractivity contribution in [3.05, 3.63) is 58.0 Å². The molecular formula is C13H13FOS. The Kier molecular flexibility index (Phi) is 3.70. The van der Waals surface area contributed by atoms with Crippen LogP contribution in [0.25, 0.3) is 0 Å². The van der Waals surface area contributed by atoms with Crippen molar-refractivity contribution in [1.82, 2.24) is 0 Å². The Morgan fingerprint density at radius 3 is 2.50 bits per heavy atom. The summed E-state index contributed by atoms with van der Waals surface area (Å²) < 4.78 is 12.8. The number of aliphatic hydroxyl groups is 1. The Hall–Kier alpha value is -1.19. The van der Waals surface area contributed by atoms with Crippen molar-refractivity contribution >= 4 is 11.3 Å². The standard InChI is InChI=1S/C13H13FOS/c14-12-5-3-10(4-6-12)11(9-15)8-13-2-1-7-16-13/h1-7,11,15H,8-9H2. The summed E-state index contributed by atoms with van der Waals surface area (Å²) in [6.45, 7) is 0.0868. The second kappa shape index (κ2) is 5.23. The van der Waals surface area contributed by atoms with E-state index in [9.17, 15) is 9.50 Å². The van der Waals surface area contributed by atoms with Gasteiger partial charge in [-0.1, -0.05) is 18.2 Å². The maximum absolute atomic E-state index is 12.8. The topological polar surface area (TPSA) is 20.2 Å². The van der Waals surface area contributed by atoms with Crippen LogP contribution in [-0.4, -0.2) is 11.7 Å². The van der Waals surface area contributed by atoms with Crippen LogP contribution >= 0.6 is 11.3 Å². The highest BCUT2D eigenvalue weighted by molar-refractivity contribution is 7.09. The molecule has 3 heteroatoms. The minimum absolute atomic E-state index is 0.0549. The van der Waals surface area contributed by atoms with E-state index < -0.39 is 0 Å². The zero-order valence-electron chi connectivity index (χ0n) is 8.77. The molecule has 2 aromatic rings. The Balaban J connectivity index is 2.13. The van der Waals surface area contributed by atoms with Gasteiger partial charge in [-0.3, -0.25) is 0 Å². The highest BCUT2D eigenvalue weighted by Gasteiger charge is 2.11. The fourth-order valence-corrected chi connectivity index (χ4v) is 2.48. The predicted octanol–water partition coefficient (Wildman–Crippen LogP) is 3.21. The van der Waals surface area contributed by atoms with Crippen molar-refractivity contribution in [3.63, 3.8) is 0 Å². The van der Waals surface area contributed by atoms with Gasteiger partial charge in [0.2, 0.25) is 0 Å². The van der Waals surface area contributed by atoms with Gasteiger partial charge in [0.05, 0.1) is 6.61 Å². The van der Waals surface area contributed by atoms with Gasteiger partial charge in [-0.05, 0) is 35.6 Å². The zero-order chi connectivity index (χ0) is 11.4. The monoisotopic (exact) mass is 236 g/mol. The lowest BCUT2D eigenvalue weighted by Gasteiger charge is -2.13. The number of rotatable bonds is 4. The molecule has 1 nitrogen and oxygen atoms in total. The van der Waals surface area contributed by atoms with Gasteiger partial charge in [-0.25, -0.2) is 4.39 Å². The molecular weight excluding hydrogens is 223 g/mol. The third kappa shape index (κ3) is 2.68. The number of aliphatic hydroxyl groups excluding tert-OH is 1. The Morgan fingerprint density at radius 1 is 1.19 bits per heavy atom. The van der Waals surface area contributed by atoms with E-state index in [1.54, 1.807) is 23.5 Å². The summed E-state index contributed by atoms with van der Waals surface area (Å²) in [7, 11) is 0. The zero-order valence-corrected chi connectivity index (χ0v) is 9.58.